The Morgan fingerprint density at radius 3 is 3.00 bits per heavy atom. The summed E-state index contributed by atoms with van der Waals surface area (Å²) in [5, 5.41) is 6.20. The van der Waals surface area contributed by atoms with Gasteiger partial charge in [0.1, 0.15) is 0 Å². The molecule has 14 heavy (non-hydrogen) atoms. The van der Waals surface area contributed by atoms with Crippen LogP contribution in [0.1, 0.15) is 13.3 Å². The summed E-state index contributed by atoms with van der Waals surface area (Å²) in [4.78, 5) is 13.0. The first kappa shape index (κ1) is 9.77. The number of hydrogen-bond donors (Lipinski definition) is 2. The number of hydrogen-bond acceptors (Lipinski definition) is 2. The summed E-state index contributed by atoms with van der Waals surface area (Å²) in [6, 6.07) is 0.0894. The van der Waals surface area contributed by atoms with Gasteiger partial charge in [0.05, 0.1) is 0 Å². The second-order valence-electron chi connectivity index (χ2n) is 4.40. The largest absolute Gasteiger partial charge is 0.336 e. The normalized spacial score (nSPS) is 30.6. The van der Waals surface area contributed by atoms with E-state index in [0.29, 0.717) is 0 Å². The van der Waals surface area contributed by atoms with Gasteiger partial charge in [-0.1, -0.05) is 6.92 Å². The van der Waals surface area contributed by atoms with Crippen LogP contribution in [0, 0.1) is 11.8 Å². The van der Waals surface area contributed by atoms with Crippen LogP contribution in [0.15, 0.2) is 0 Å². The standard InChI is InChI=1S/C10H19N3O/c1-8-6-9(8)7-11-2-4-13-5-3-12-10(13)14/h8-9,11H,2-7H2,1H3,(H,12,14). The number of nitrogens with one attached hydrogen (secondary N) is 2. The molecule has 1 saturated carbocycles. The summed E-state index contributed by atoms with van der Waals surface area (Å²) in [5.41, 5.74) is 0. The molecule has 2 N–H and O–H groups in total. The van der Waals surface area contributed by atoms with Crippen LogP contribution in [0.4, 0.5) is 4.79 Å². The van der Waals surface area contributed by atoms with Crippen LogP contribution in [0.3, 0.4) is 0 Å². The number of nitrogens with zero attached hydrogens (tertiary/aromatic N) is 1. The SMILES string of the molecule is CC1CC1CNCCN1CCNC1=O. The zero-order valence-corrected chi connectivity index (χ0v) is 8.75. The van der Waals surface area contributed by atoms with Crippen LogP contribution in [0.2, 0.25) is 0 Å². The van der Waals surface area contributed by atoms with Crippen molar-refractivity contribution in [3.63, 3.8) is 0 Å². The minimum Gasteiger partial charge on any atom is -0.336 e. The molecule has 1 aliphatic heterocycles. The van der Waals surface area contributed by atoms with Gasteiger partial charge in [-0.15, -0.1) is 0 Å². The average Bonchev–Trinajstić information content (AvgIpc) is 2.70. The minimum atomic E-state index is 0.0894. The topological polar surface area (TPSA) is 44.4 Å². The van der Waals surface area contributed by atoms with E-state index in [1.165, 1.54) is 6.42 Å². The van der Waals surface area contributed by atoms with E-state index in [9.17, 15) is 4.79 Å². The Kier molecular flexibility index (Phi) is 2.91. The van der Waals surface area contributed by atoms with Crippen LogP contribution in [0.25, 0.3) is 0 Å². The molecule has 0 aromatic heterocycles. The zero-order chi connectivity index (χ0) is 9.97. The van der Waals surface area contributed by atoms with Crippen molar-refractivity contribution in [1.29, 1.82) is 0 Å². The number of amides is 2. The Bertz CT molecular complexity index is 219. The van der Waals surface area contributed by atoms with Gasteiger partial charge in [0, 0.05) is 26.2 Å². The van der Waals surface area contributed by atoms with Gasteiger partial charge in [-0.25, -0.2) is 4.79 Å². The molecule has 1 saturated heterocycles. The third kappa shape index (κ3) is 2.38. The predicted molar refractivity (Wildman–Crippen MR) is 55.1 cm³/mol. The lowest BCUT2D eigenvalue weighted by Crippen LogP contribution is -2.35. The summed E-state index contributed by atoms with van der Waals surface area (Å²) in [6.45, 7) is 6.85. The molecule has 2 aliphatic rings. The molecule has 2 atom stereocenters. The van der Waals surface area contributed by atoms with E-state index in [1.807, 2.05) is 4.90 Å². The van der Waals surface area contributed by atoms with E-state index >= 15 is 0 Å². The Labute approximate surface area is 85.0 Å². The van der Waals surface area contributed by atoms with Crippen molar-refractivity contribution in [3.8, 4) is 0 Å². The van der Waals surface area contributed by atoms with Crippen molar-refractivity contribution in [2.75, 3.05) is 32.7 Å². The maximum atomic E-state index is 11.2. The van der Waals surface area contributed by atoms with Crippen LogP contribution in [-0.2, 0) is 0 Å². The molecule has 2 unspecified atom stereocenters. The van der Waals surface area contributed by atoms with Crippen LogP contribution < -0.4 is 10.6 Å². The molecule has 1 aliphatic carbocycles. The molecule has 0 spiro atoms. The molecule has 2 rings (SSSR count). The van der Waals surface area contributed by atoms with E-state index in [2.05, 4.69) is 17.6 Å². The van der Waals surface area contributed by atoms with Gasteiger partial charge in [0.25, 0.3) is 0 Å². The van der Waals surface area contributed by atoms with E-state index in [0.717, 1.165) is 44.6 Å². The molecular weight excluding hydrogens is 178 g/mol. The Morgan fingerprint density at radius 1 is 1.64 bits per heavy atom. The van der Waals surface area contributed by atoms with Crippen molar-refractivity contribution in [1.82, 2.24) is 15.5 Å². The van der Waals surface area contributed by atoms with Crippen molar-refractivity contribution < 1.29 is 4.79 Å². The highest BCUT2D eigenvalue weighted by atomic mass is 16.2. The number of rotatable bonds is 5. The fourth-order valence-electron chi connectivity index (χ4n) is 1.91. The predicted octanol–water partition coefficient (Wildman–Crippen LogP) is 0.257. The van der Waals surface area contributed by atoms with Crippen molar-refractivity contribution >= 4 is 6.03 Å². The first-order valence-electron chi connectivity index (χ1n) is 5.51. The molecule has 2 fully saturated rings. The lowest BCUT2D eigenvalue weighted by atomic mass is 10.3. The van der Waals surface area contributed by atoms with E-state index in [-0.39, 0.29) is 6.03 Å². The first-order valence-corrected chi connectivity index (χ1v) is 5.51. The number of carbonyl (C=O) groups excluding carboxylic acids is 1. The average molecular weight is 197 g/mol. The van der Waals surface area contributed by atoms with Crippen LogP contribution in [-0.4, -0.2) is 43.7 Å². The molecule has 0 aromatic rings. The lowest BCUT2D eigenvalue weighted by molar-refractivity contribution is 0.217. The van der Waals surface area contributed by atoms with Gasteiger partial charge >= 0.3 is 6.03 Å². The smallest absolute Gasteiger partial charge is 0.317 e. The first-order chi connectivity index (χ1) is 6.77. The quantitative estimate of drug-likeness (QED) is 0.621. The summed E-state index contributed by atoms with van der Waals surface area (Å²) in [7, 11) is 0. The Morgan fingerprint density at radius 2 is 2.43 bits per heavy atom. The van der Waals surface area contributed by atoms with Gasteiger partial charge in [-0.05, 0) is 24.8 Å². The highest BCUT2D eigenvalue weighted by molar-refractivity contribution is 5.76. The summed E-state index contributed by atoms with van der Waals surface area (Å²) < 4.78 is 0. The molecule has 4 heteroatoms. The van der Waals surface area contributed by atoms with Crippen molar-refractivity contribution in [3.05, 3.63) is 0 Å². The molecular formula is C10H19N3O. The van der Waals surface area contributed by atoms with Crippen molar-refractivity contribution in [2.45, 2.75) is 13.3 Å². The molecule has 0 bridgehead atoms. The third-order valence-electron chi connectivity index (χ3n) is 3.19. The molecule has 0 aromatic carbocycles. The summed E-state index contributed by atoms with van der Waals surface area (Å²) in [5.74, 6) is 1.81. The second kappa shape index (κ2) is 4.17. The highest BCUT2D eigenvalue weighted by Gasteiger charge is 2.31. The number of urea groups is 1. The van der Waals surface area contributed by atoms with E-state index in [4.69, 9.17) is 0 Å². The second-order valence-corrected chi connectivity index (χ2v) is 4.40. The maximum absolute atomic E-state index is 11.2. The fourth-order valence-corrected chi connectivity index (χ4v) is 1.91. The Balaban J connectivity index is 1.52. The number of carbonyl (C=O) groups is 1. The van der Waals surface area contributed by atoms with Gasteiger partial charge in [-0.2, -0.15) is 0 Å². The highest BCUT2D eigenvalue weighted by Crippen LogP contribution is 2.36. The van der Waals surface area contributed by atoms with E-state index < -0.39 is 0 Å². The van der Waals surface area contributed by atoms with Crippen LogP contribution in [0.5, 0.6) is 0 Å². The minimum absolute atomic E-state index is 0.0894. The third-order valence-corrected chi connectivity index (χ3v) is 3.19. The Hall–Kier alpha value is -0.770. The lowest BCUT2D eigenvalue weighted by Gasteiger charge is -2.14. The molecule has 0 radical (unpaired) electrons. The molecule has 2 amide bonds. The summed E-state index contributed by atoms with van der Waals surface area (Å²) in [6.07, 6.45) is 1.37. The van der Waals surface area contributed by atoms with E-state index in [1.54, 1.807) is 0 Å². The van der Waals surface area contributed by atoms with Gasteiger partial charge in [0.15, 0.2) is 0 Å². The fraction of sp³-hybridized carbons (Fsp3) is 0.900. The maximum Gasteiger partial charge on any atom is 0.317 e. The summed E-state index contributed by atoms with van der Waals surface area (Å²) >= 11 is 0. The van der Waals surface area contributed by atoms with Gasteiger partial charge < -0.3 is 15.5 Å². The van der Waals surface area contributed by atoms with Crippen LogP contribution >= 0.6 is 0 Å². The molecule has 4 nitrogen and oxygen atoms in total. The molecule has 80 valence electrons. The van der Waals surface area contributed by atoms with Gasteiger partial charge in [-0.3, -0.25) is 0 Å². The zero-order valence-electron chi connectivity index (χ0n) is 8.75. The van der Waals surface area contributed by atoms with Crippen molar-refractivity contribution in [2.24, 2.45) is 11.8 Å². The monoisotopic (exact) mass is 197 g/mol. The molecule has 1 heterocycles. The van der Waals surface area contributed by atoms with Gasteiger partial charge in [0.2, 0.25) is 0 Å².